The van der Waals surface area contributed by atoms with Crippen molar-refractivity contribution < 1.29 is 0 Å². The Hall–Kier alpha value is -4.68. The molecule has 6 rings (SSSR count). The lowest BCUT2D eigenvalue weighted by atomic mass is 9.90. The highest BCUT2D eigenvalue weighted by Crippen LogP contribution is 2.37. The van der Waals surface area contributed by atoms with E-state index in [4.69, 9.17) is 0 Å². The fourth-order valence-electron chi connectivity index (χ4n) is 4.79. The van der Waals surface area contributed by atoms with Gasteiger partial charge in [-0.3, -0.25) is 0 Å². The summed E-state index contributed by atoms with van der Waals surface area (Å²) in [4.78, 5) is 0. The molecule has 0 nitrogen and oxygen atoms in total. The molecule has 0 aliphatic heterocycles. The van der Waals surface area contributed by atoms with Crippen LogP contribution < -0.4 is 0 Å². The van der Waals surface area contributed by atoms with Crippen molar-refractivity contribution in [3.05, 3.63) is 158 Å². The van der Waals surface area contributed by atoms with Crippen LogP contribution in [0.4, 0.5) is 0 Å². The third-order valence-corrected chi connectivity index (χ3v) is 6.73. The summed E-state index contributed by atoms with van der Waals surface area (Å²) in [6.07, 6.45) is 0. The van der Waals surface area contributed by atoms with Crippen LogP contribution in [-0.2, 0) is 0 Å². The zero-order valence-electron chi connectivity index (χ0n) is 20.0. The van der Waals surface area contributed by atoms with Crippen molar-refractivity contribution in [3.63, 3.8) is 0 Å². The van der Waals surface area contributed by atoms with E-state index in [0.29, 0.717) is 0 Å². The summed E-state index contributed by atoms with van der Waals surface area (Å²) < 4.78 is 0. The summed E-state index contributed by atoms with van der Waals surface area (Å²) in [5.41, 5.74) is 12.3. The van der Waals surface area contributed by atoms with Gasteiger partial charge in [-0.2, -0.15) is 0 Å². The highest BCUT2D eigenvalue weighted by atomic mass is 14.1. The molecule has 0 fully saturated rings. The highest BCUT2D eigenvalue weighted by Gasteiger charge is 2.11. The predicted octanol–water partition coefficient (Wildman–Crippen LogP) is 10.0. The first-order chi connectivity index (χ1) is 17.8. The molecule has 36 heavy (non-hydrogen) atoms. The molecule has 0 amide bonds. The van der Waals surface area contributed by atoms with Gasteiger partial charge < -0.3 is 0 Å². The molecule has 0 heteroatoms. The lowest BCUT2D eigenvalue weighted by Gasteiger charge is -2.14. The number of rotatable bonds is 5. The van der Waals surface area contributed by atoms with Crippen LogP contribution in [0.25, 0.3) is 55.6 Å². The van der Waals surface area contributed by atoms with E-state index in [1.54, 1.807) is 0 Å². The zero-order chi connectivity index (χ0) is 24.2. The minimum absolute atomic E-state index is 1.22. The minimum atomic E-state index is 1.22. The van der Waals surface area contributed by atoms with E-state index in [-0.39, 0.29) is 0 Å². The minimum Gasteiger partial charge on any atom is -0.0622 e. The van der Waals surface area contributed by atoms with Gasteiger partial charge in [-0.05, 0) is 61.7 Å². The Morgan fingerprint density at radius 2 is 0.500 bits per heavy atom. The Labute approximate surface area is 213 Å². The second kappa shape index (κ2) is 9.90. The molecule has 0 radical (unpaired) electrons. The Morgan fingerprint density at radius 1 is 0.194 bits per heavy atom. The SMILES string of the molecule is c1ccc(-c2ccc(-c3ccc(-c4ccccc4)c(-c4ccc(-c5ccccc5)cc4)c3)cc2)cc1. The van der Waals surface area contributed by atoms with Gasteiger partial charge in [0.05, 0.1) is 0 Å². The van der Waals surface area contributed by atoms with Crippen molar-refractivity contribution in [2.24, 2.45) is 0 Å². The van der Waals surface area contributed by atoms with Crippen LogP contribution in [0.3, 0.4) is 0 Å². The maximum Gasteiger partial charge on any atom is -0.00992 e. The Morgan fingerprint density at radius 3 is 0.972 bits per heavy atom. The van der Waals surface area contributed by atoms with Crippen molar-refractivity contribution >= 4 is 0 Å². The standard InChI is InChI=1S/C36H26/c1-4-10-27(11-5-1)29-16-18-31(19-17-29)34-24-25-35(32-14-8-3-9-15-32)36(26-34)33-22-20-30(21-23-33)28-12-6-2-7-13-28/h1-26H. The summed E-state index contributed by atoms with van der Waals surface area (Å²) in [5.74, 6) is 0. The first-order valence-electron chi connectivity index (χ1n) is 12.4. The Bertz CT molecular complexity index is 1560. The molecule has 0 aliphatic carbocycles. The van der Waals surface area contributed by atoms with E-state index in [1.165, 1.54) is 55.6 Å². The molecule has 0 N–H and O–H groups in total. The highest BCUT2D eigenvalue weighted by molar-refractivity contribution is 5.88. The van der Waals surface area contributed by atoms with Crippen molar-refractivity contribution in [2.45, 2.75) is 0 Å². The third kappa shape index (κ3) is 4.50. The molecule has 0 saturated carbocycles. The largest absolute Gasteiger partial charge is 0.0622 e. The van der Waals surface area contributed by atoms with Crippen molar-refractivity contribution in [2.75, 3.05) is 0 Å². The molecule has 0 aliphatic rings. The maximum atomic E-state index is 2.33. The predicted molar refractivity (Wildman–Crippen MR) is 154 cm³/mol. The van der Waals surface area contributed by atoms with E-state index in [9.17, 15) is 0 Å². The smallest absolute Gasteiger partial charge is 0.00992 e. The number of hydrogen-bond acceptors (Lipinski definition) is 0. The summed E-state index contributed by atoms with van der Waals surface area (Å²) >= 11 is 0. The van der Waals surface area contributed by atoms with E-state index in [2.05, 4.69) is 158 Å². The van der Waals surface area contributed by atoms with Crippen molar-refractivity contribution in [1.82, 2.24) is 0 Å². The van der Waals surface area contributed by atoms with Gasteiger partial charge >= 0.3 is 0 Å². The fourth-order valence-corrected chi connectivity index (χ4v) is 4.79. The van der Waals surface area contributed by atoms with Gasteiger partial charge in [0.2, 0.25) is 0 Å². The summed E-state index contributed by atoms with van der Waals surface area (Å²) in [6.45, 7) is 0. The van der Waals surface area contributed by atoms with Crippen molar-refractivity contribution in [1.29, 1.82) is 0 Å². The average Bonchev–Trinajstić information content (AvgIpc) is 2.98. The van der Waals surface area contributed by atoms with Crippen LogP contribution >= 0.6 is 0 Å². The Balaban J connectivity index is 1.41. The van der Waals surface area contributed by atoms with Crippen molar-refractivity contribution in [3.8, 4) is 55.6 Å². The number of hydrogen-bond donors (Lipinski definition) is 0. The molecular formula is C36H26. The van der Waals surface area contributed by atoms with Crippen LogP contribution in [0.2, 0.25) is 0 Å². The first kappa shape index (κ1) is 21.8. The molecule has 0 aromatic heterocycles. The molecule has 0 atom stereocenters. The zero-order valence-corrected chi connectivity index (χ0v) is 20.0. The molecule has 6 aromatic carbocycles. The van der Waals surface area contributed by atoms with Gasteiger partial charge in [-0.15, -0.1) is 0 Å². The molecule has 0 bridgehead atoms. The van der Waals surface area contributed by atoms with Crippen LogP contribution in [0.15, 0.2) is 158 Å². The summed E-state index contributed by atoms with van der Waals surface area (Å²) in [6, 6.07) is 56.4. The van der Waals surface area contributed by atoms with Gasteiger partial charge in [0.25, 0.3) is 0 Å². The molecule has 0 heterocycles. The van der Waals surface area contributed by atoms with E-state index in [0.717, 1.165) is 0 Å². The molecule has 0 unspecified atom stereocenters. The second-order valence-electron chi connectivity index (χ2n) is 9.01. The molecule has 0 saturated heterocycles. The summed E-state index contributed by atoms with van der Waals surface area (Å²) in [5, 5.41) is 0. The second-order valence-corrected chi connectivity index (χ2v) is 9.01. The monoisotopic (exact) mass is 458 g/mol. The first-order valence-corrected chi connectivity index (χ1v) is 12.4. The van der Waals surface area contributed by atoms with Crippen LogP contribution in [0.1, 0.15) is 0 Å². The van der Waals surface area contributed by atoms with Crippen LogP contribution in [-0.4, -0.2) is 0 Å². The van der Waals surface area contributed by atoms with E-state index in [1.807, 2.05) is 0 Å². The Kier molecular flexibility index (Phi) is 6.00. The maximum absolute atomic E-state index is 2.33. The quantitative estimate of drug-likeness (QED) is 0.241. The summed E-state index contributed by atoms with van der Waals surface area (Å²) in [7, 11) is 0. The van der Waals surface area contributed by atoms with Crippen LogP contribution in [0.5, 0.6) is 0 Å². The molecule has 170 valence electrons. The van der Waals surface area contributed by atoms with Crippen LogP contribution in [0, 0.1) is 0 Å². The van der Waals surface area contributed by atoms with Gasteiger partial charge in [0, 0.05) is 0 Å². The fraction of sp³-hybridized carbons (Fsp3) is 0. The average molecular weight is 459 g/mol. The van der Waals surface area contributed by atoms with Gasteiger partial charge in [-0.1, -0.05) is 152 Å². The van der Waals surface area contributed by atoms with Gasteiger partial charge in [0.15, 0.2) is 0 Å². The normalized spacial score (nSPS) is 10.8. The lowest BCUT2D eigenvalue weighted by Crippen LogP contribution is -1.88. The van der Waals surface area contributed by atoms with E-state index >= 15 is 0 Å². The number of benzene rings is 6. The molecular weight excluding hydrogens is 432 g/mol. The van der Waals surface area contributed by atoms with Gasteiger partial charge in [-0.25, -0.2) is 0 Å². The van der Waals surface area contributed by atoms with E-state index < -0.39 is 0 Å². The lowest BCUT2D eigenvalue weighted by molar-refractivity contribution is 1.55. The molecule has 6 aromatic rings. The van der Waals surface area contributed by atoms with Gasteiger partial charge in [0.1, 0.15) is 0 Å². The third-order valence-electron chi connectivity index (χ3n) is 6.73. The topological polar surface area (TPSA) is 0 Å². The molecule has 0 spiro atoms.